The number of rotatable bonds is 5. The Morgan fingerprint density at radius 3 is 2.35 bits per heavy atom. The van der Waals surface area contributed by atoms with Crippen molar-refractivity contribution in [1.82, 2.24) is 4.90 Å². The molecule has 0 spiro atoms. The molecule has 0 unspecified atom stereocenters. The van der Waals surface area contributed by atoms with E-state index < -0.39 is 0 Å². The van der Waals surface area contributed by atoms with Gasteiger partial charge in [-0.05, 0) is 29.1 Å². The van der Waals surface area contributed by atoms with Crippen molar-refractivity contribution in [3.05, 3.63) is 88.1 Å². The third-order valence-electron chi connectivity index (χ3n) is 3.56. The van der Waals surface area contributed by atoms with Gasteiger partial charge in [-0.1, -0.05) is 48.5 Å². The number of nitrogens with zero attached hydrogens (tertiary/aromatic N) is 1. The van der Waals surface area contributed by atoms with Crippen LogP contribution in [-0.2, 0) is 13.1 Å². The third kappa shape index (κ3) is 3.79. The van der Waals surface area contributed by atoms with Crippen molar-refractivity contribution >= 4 is 17.2 Å². The largest absolute Gasteiger partial charge is 0.507 e. The zero-order chi connectivity index (χ0) is 16.1. The summed E-state index contributed by atoms with van der Waals surface area (Å²) < 4.78 is 0. The first-order valence-corrected chi connectivity index (χ1v) is 8.25. The Bertz CT molecular complexity index is 769. The highest BCUT2D eigenvalue weighted by Crippen LogP contribution is 2.22. The summed E-state index contributed by atoms with van der Waals surface area (Å²) in [6.07, 6.45) is 0. The summed E-state index contributed by atoms with van der Waals surface area (Å²) in [6.45, 7) is 1.03. The molecule has 3 nitrogen and oxygen atoms in total. The number of thiophene rings is 1. The van der Waals surface area contributed by atoms with E-state index in [2.05, 4.69) is 0 Å². The first kappa shape index (κ1) is 15.3. The van der Waals surface area contributed by atoms with Crippen molar-refractivity contribution in [1.29, 1.82) is 0 Å². The van der Waals surface area contributed by atoms with E-state index in [9.17, 15) is 9.90 Å². The number of phenolic OH excluding ortho intramolecular Hbond substituents is 1. The molecule has 1 N–H and O–H groups in total. The second-order valence-electron chi connectivity index (χ2n) is 5.24. The van der Waals surface area contributed by atoms with Crippen molar-refractivity contribution in [3.63, 3.8) is 0 Å². The summed E-state index contributed by atoms with van der Waals surface area (Å²) in [5, 5.41) is 12.0. The van der Waals surface area contributed by atoms with E-state index in [1.807, 2.05) is 47.8 Å². The maximum absolute atomic E-state index is 12.9. The first-order valence-electron chi connectivity index (χ1n) is 7.37. The molecule has 116 valence electrons. The highest BCUT2D eigenvalue weighted by molar-refractivity contribution is 7.09. The van der Waals surface area contributed by atoms with Gasteiger partial charge in [0.15, 0.2) is 0 Å². The summed E-state index contributed by atoms with van der Waals surface area (Å²) in [5.74, 6) is -0.151. The second-order valence-corrected chi connectivity index (χ2v) is 6.28. The number of para-hydroxylation sites is 1. The average Bonchev–Trinajstić information content (AvgIpc) is 3.08. The Labute approximate surface area is 139 Å². The van der Waals surface area contributed by atoms with Crippen LogP contribution in [0.2, 0.25) is 0 Å². The van der Waals surface area contributed by atoms with Crippen LogP contribution in [0.1, 0.15) is 20.8 Å². The number of amides is 1. The summed E-state index contributed by atoms with van der Waals surface area (Å²) in [4.78, 5) is 15.7. The normalized spacial score (nSPS) is 10.4. The Morgan fingerprint density at radius 1 is 0.913 bits per heavy atom. The molecule has 2 aromatic carbocycles. The van der Waals surface area contributed by atoms with Gasteiger partial charge < -0.3 is 10.0 Å². The monoisotopic (exact) mass is 323 g/mol. The molecular weight excluding hydrogens is 306 g/mol. The van der Waals surface area contributed by atoms with Crippen LogP contribution in [0, 0.1) is 0 Å². The lowest BCUT2D eigenvalue weighted by atomic mass is 10.1. The van der Waals surface area contributed by atoms with Gasteiger partial charge >= 0.3 is 0 Å². The number of phenols is 1. The molecule has 23 heavy (non-hydrogen) atoms. The van der Waals surface area contributed by atoms with E-state index in [1.54, 1.807) is 40.5 Å². The van der Waals surface area contributed by atoms with E-state index in [4.69, 9.17) is 0 Å². The van der Waals surface area contributed by atoms with Crippen molar-refractivity contribution < 1.29 is 9.90 Å². The zero-order valence-corrected chi connectivity index (χ0v) is 13.4. The molecule has 1 aromatic heterocycles. The molecule has 0 bridgehead atoms. The van der Waals surface area contributed by atoms with Gasteiger partial charge in [0.05, 0.1) is 12.1 Å². The topological polar surface area (TPSA) is 40.5 Å². The lowest BCUT2D eigenvalue weighted by Crippen LogP contribution is -2.29. The quantitative estimate of drug-likeness (QED) is 0.760. The Kier molecular flexibility index (Phi) is 4.74. The Balaban J connectivity index is 1.88. The molecule has 0 aliphatic rings. The standard InChI is InChI=1S/C19H17NO2S/c21-18-11-5-4-10-17(18)19(22)20(14-16-9-6-12-23-16)13-15-7-2-1-3-8-15/h1-12,21H,13-14H2. The molecule has 0 radical (unpaired) electrons. The maximum atomic E-state index is 12.9. The van der Waals surface area contributed by atoms with Gasteiger partial charge in [-0.3, -0.25) is 4.79 Å². The fraction of sp³-hybridized carbons (Fsp3) is 0.105. The number of hydrogen-bond donors (Lipinski definition) is 1. The Morgan fingerprint density at radius 2 is 1.65 bits per heavy atom. The first-order chi connectivity index (χ1) is 11.2. The minimum atomic E-state index is -0.166. The number of aromatic hydroxyl groups is 1. The van der Waals surface area contributed by atoms with E-state index in [-0.39, 0.29) is 11.7 Å². The predicted molar refractivity (Wildman–Crippen MR) is 92.4 cm³/mol. The van der Waals surface area contributed by atoms with Gasteiger partial charge in [-0.15, -0.1) is 11.3 Å². The van der Waals surface area contributed by atoms with Crippen molar-refractivity contribution in [2.45, 2.75) is 13.1 Å². The second kappa shape index (κ2) is 7.11. The summed E-state index contributed by atoms with van der Waals surface area (Å²) >= 11 is 1.62. The smallest absolute Gasteiger partial charge is 0.258 e. The van der Waals surface area contributed by atoms with Gasteiger partial charge in [-0.25, -0.2) is 0 Å². The molecule has 0 saturated heterocycles. The van der Waals surface area contributed by atoms with Crippen LogP contribution >= 0.6 is 11.3 Å². The van der Waals surface area contributed by atoms with Gasteiger partial charge in [0.25, 0.3) is 5.91 Å². The minimum absolute atomic E-state index is 0.0155. The fourth-order valence-electron chi connectivity index (χ4n) is 2.42. The minimum Gasteiger partial charge on any atom is -0.507 e. The molecular formula is C19H17NO2S. The van der Waals surface area contributed by atoms with Crippen molar-refractivity contribution in [2.24, 2.45) is 0 Å². The molecule has 1 amide bonds. The summed E-state index contributed by atoms with van der Waals surface area (Å²) in [5.41, 5.74) is 1.40. The lowest BCUT2D eigenvalue weighted by molar-refractivity contribution is 0.0728. The SMILES string of the molecule is O=C(c1ccccc1O)N(Cc1ccccc1)Cc1cccs1. The zero-order valence-electron chi connectivity index (χ0n) is 12.6. The summed E-state index contributed by atoms with van der Waals surface area (Å²) in [6, 6.07) is 20.5. The molecule has 0 fully saturated rings. The highest BCUT2D eigenvalue weighted by Gasteiger charge is 2.19. The summed E-state index contributed by atoms with van der Waals surface area (Å²) in [7, 11) is 0. The van der Waals surface area contributed by atoms with E-state index >= 15 is 0 Å². The van der Waals surface area contributed by atoms with Crippen LogP contribution in [-0.4, -0.2) is 15.9 Å². The third-order valence-corrected chi connectivity index (χ3v) is 4.43. The number of benzene rings is 2. The van der Waals surface area contributed by atoms with Crippen LogP contribution in [0.3, 0.4) is 0 Å². The van der Waals surface area contributed by atoms with Crippen LogP contribution in [0.5, 0.6) is 5.75 Å². The average molecular weight is 323 g/mol. The Hall–Kier alpha value is -2.59. The molecule has 3 rings (SSSR count). The molecule has 0 saturated carbocycles. The van der Waals surface area contributed by atoms with Gasteiger partial charge in [0.2, 0.25) is 0 Å². The highest BCUT2D eigenvalue weighted by atomic mass is 32.1. The van der Waals surface area contributed by atoms with Crippen LogP contribution < -0.4 is 0 Å². The van der Waals surface area contributed by atoms with Crippen LogP contribution in [0.15, 0.2) is 72.1 Å². The van der Waals surface area contributed by atoms with Gasteiger partial charge in [-0.2, -0.15) is 0 Å². The predicted octanol–water partition coefficient (Wildman–Crippen LogP) is 4.30. The fourth-order valence-corrected chi connectivity index (χ4v) is 3.14. The van der Waals surface area contributed by atoms with Crippen LogP contribution in [0.25, 0.3) is 0 Å². The maximum Gasteiger partial charge on any atom is 0.258 e. The van der Waals surface area contributed by atoms with Crippen molar-refractivity contribution in [3.8, 4) is 5.75 Å². The molecule has 1 heterocycles. The molecule has 3 aromatic rings. The number of carbonyl (C=O) groups excluding carboxylic acids is 1. The molecule has 0 atom stereocenters. The van der Waals surface area contributed by atoms with E-state index in [0.717, 1.165) is 10.4 Å². The molecule has 0 aliphatic carbocycles. The number of carbonyl (C=O) groups is 1. The van der Waals surface area contributed by atoms with Crippen LogP contribution in [0.4, 0.5) is 0 Å². The van der Waals surface area contributed by atoms with Crippen molar-refractivity contribution in [2.75, 3.05) is 0 Å². The molecule has 0 aliphatic heterocycles. The number of hydrogen-bond acceptors (Lipinski definition) is 3. The van der Waals surface area contributed by atoms with E-state index in [1.165, 1.54) is 0 Å². The van der Waals surface area contributed by atoms with Gasteiger partial charge in [0.1, 0.15) is 5.75 Å². The molecule has 4 heteroatoms. The van der Waals surface area contributed by atoms with E-state index in [0.29, 0.717) is 18.7 Å². The lowest BCUT2D eigenvalue weighted by Gasteiger charge is -2.23. The van der Waals surface area contributed by atoms with Gasteiger partial charge in [0, 0.05) is 11.4 Å².